The SMILES string of the molecule is CCOC(=O)c1cc(-c2ccccc2)sc1NC(=O)c1c(C)c2cc(CC)ccc2n1CC. The van der Waals surface area contributed by atoms with Gasteiger partial charge >= 0.3 is 5.97 Å². The molecule has 2 aromatic carbocycles. The van der Waals surface area contributed by atoms with Crippen molar-refractivity contribution in [2.75, 3.05) is 11.9 Å². The number of fused-ring (bicyclic) bond motifs is 1. The molecule has 2 heterocycles. The van der Waals surface area contributed by atoms with Crippen LogP contribution in [0.15, 0.2) is 54.6 Å². The van der Waals surface area contributed by atoms with E-state index < -0.39 is 5.97 Å². The van der Waals surface area contributed by atoms with Crippen LogP contribution >= 0.6 is 11.3 Å². The third kappa shape index (κ3) is 4.31. The van der Waals surface area contributed by atoms with Gasteiger partial charge in [-0.2, -0.15) is 0 Å². The summed E-state index contributed by atoms with van der Waals surface area (Å²) in [6.45, 7) is 8.85. The van der Waals surface area contributed by atoms with Crippen LogP contribution in [0.5, 0.6) is 0 Å². The van der Waals surface area contributed by atoms with Crippen molar-refractivity contribution < 1.29 is 14.3 Å². The normalized spacial score (nSPS) is 11.0. The number of hydrogen-bond donors (Lipinski definition) is 1. The number of carbonyl (C=O) groups excluding carboxylic acids is 2. The number of ether oxygens (including phenoxy) is 1. The van der Waals surface area contributed by atoms with E-state index in [-0.39, 0.29) is 12.5 Å². The van der Waals surface area contributed by atoms with E-state index in [0.717, 1.165) is 33.3 Å². The van der Waals surface area contributed by atoms with Gasteiger partial charge in [0.2, 0.25) is 0 Å². The average Bonchev–Trinajstić information content (AvgIpc) is 3.38. The maximum atomic E-state index is 13.5. The summed E-state index contributed by atoms with van der Waals surface area (Å²) in [7, 11) is 0. The number of esters is 1. The van der Waals surface area contributed by atoms with Crippen LogP contribution in [0.25, 0.3) is 21.3 Å². The molecule has 4 aromatic rings. The summed E-state index contributed by atoms with van der Waals surface area (Å²) >= 11 is 1.38. The zero-order valence-electron chi connectivity index (χ0n) is 19.4. The second-order valence-electron chi connectivity index (χ2n) is 7.82. The molecule has 0 radical (unpaired) electrons. The molecule has 4 rings (SSSR count). The summed E-state index contributed by atoms with van der Waals surface area (Å²) in [5, 5.41) is 4.60. The standard InChI is InChI=1S/C27H28N2O3S/c1-5-18-13-14-22-20(15-18)17(4)24(29(22)6-2)25(30)28-26-21(27(31)32-7-3)16-23(33-26)19-11-9-8-10-12-19/h8-16H,5-7H2,1-4H3,(H,28,30). The molecular weight excluding hydrogens is 432 g/mol. The predicted molar refractivity (Wildman–Crippen MR) is 135 cm³/mol. The zero-order valence-corrected chi connectivity index (χ0v) is 20.2. The van der Waals surface area contributed by atoms with Crippen molar-refractivity contribution >= 4 is 39.1 Å². The van der Waals surface area contributed by atoms with Gasteiger partial charge in [-0.1, -0.05) is 43.3 Å². The highest BCUT2D eigenvalue weighted by Gasteiger charge is 2.24. The van der Waals surface area contributed by atoms with Crippen LogP contribution in [0.1, 0.15) is 52.7 Å². The first kappa shape index (κ1) is 22.8. The van der Waals surface area contributed by atoms with E-state index in [1.165, 1.54) is 16.9 Å². The van der Waals surface area contributed by atoms with Gasteiger partial charge in [0.25, 0.3) is 5.91 Å². The molecule has 0 saturated carbocycles. The Hall–Kier alpha value is -3.38. The number of carbonyl (C=O) groups is 2. The first-order valence-corrected chi connectivity index (χ1v) is 12.1. The summed E-state index contributed by atoms with van der Waals surface area (Å²) in [5.41, 5.74) is 5.20. The Morgan fingerprint density at radius 3 is 2.45 bits per heavy atom. The number of aromatic nitrogens is 1. The fourth-order valence-electron chi connectivity index (χ4n) is 4.16. The van der Waals surface area contributed by atoms with Crippen LogP contribution in [0.2, 0.25) is 0 Å². The van der Waals surface area contributed by atoms with Crippen LogP contribution in [0.3, 0.4) is 0 Å². The zero-order chi connectivity index (χ0) is 23.5. The lowest BCUT2D eigenvalue weighted by atomic mass is 10.1. The third-order valence-electron chi connectivity index (χ3n) is 5.83. The summed E-state index contributed by atoms with van der Waals surface area (Å²) in [4.78, 5) is 27.1. The van der Waals surface area contributed by atoms with Crippen molar-refractivity contribution in [2.24, 2.45) is 0 Å². The van der Waals surface area contributed by atoms with E-state index in [9.17, 15) is 9.59 Å². The van der Waals surface area contributed by atoms with E-state index in [4.69, 9.17) is 4.74 Å². The average molecular weight is 461 g/mol. The molecule has 5 nitrogen and oxygen atoms in total. The largest absolute Gasteiger partial charge is 0.462 e. The Kier molecular flexibility index (Phi) is 6.65. The van der Waals surface area contributed by atoms with Crippen LogP contribution in [0.4, 0.5) is 5.00 Å². The molecule has 1 amide bonds. The molecule has 33 heavy (non-hydrogen) atoms. The summed E-state index contributed by atoms with van der Waals surface area (Å²) < 4.78 is 7.30. The minimum absolute atomic E-state index is 0.226. The van der Waals surface area contributed by atoms with Crippen molar-refractivity contribution in [2.45, 2.75) is 40.7 Å². The highest BCUT2D eigenvalue weighted by molar-refractivity contribution is 7.20. The lowest BCUT2D eigenvalue weighted by Gasteiger charge is -2.10. The molecular formula is C27H28N2O3S. The summed E-state index contributed by atoms with van der Waals surface area (Å²) in [6, 6.07) is 18.0. The van der Waals surface area contributed by atoms with Crippen molar-refractivity contribution in [3.63, 3.8) is 0 Å². The third-order valence-corrected chi connectivity index (χ3v) is 6.93. The van der Waals surface area contributed by atoms with Gasteiger partial charge < -0.3 is 14.6 Å². The molecule has 1 N–H and O–H groups in total. The highest BCUT2D eigenvalue weighted by atomic mass is 32.1. The topological polar surface area (TPSA) is 60.3 Å². The van der Waals surface area contributed by atoms with E-state index in [1.807, 2.05) is 48.7 Å². The molecule has 0 aliphatic carbocycles. The summed E-state index contributed by atoms with van der Waals surface area (Å²) in [5.74, 6) is -0.665. The van der Waals surface area contributed by atoms with E-state index in [0.29, 0.717) is 22.8 Å². The van der Waals surface area contributed by atoms with Crippen LogP contribution in [0, 0.1) is 6.92 Å². The Labute approximate surface area is 198 Å². The van der Waals surface area contributed by atoms with Crippen molar-refractivity contribution in [1.29, 1.82) is 0 Å². The van der Waals surface area contributed by atoms with Crippen LogP contribution < -0.4 is 5.32 Å². The molecule has 6 heteroatoms. The second kappa shape index (κ2) is 9.63. The van der Waals surface area contributed by atoms with Gasteiger partial charge in [-0.3, -0.25) is 4.79 Å². The fourth-order valence-corrected chi connectivity index (χ4v) is 5.21. The van der Waals surface area contributed by atoms with E-state index in [2.05, 4.69) is 30.4 Å². The molecule has 0 aliphatic rings. The van der Waals surface area contributed by atoms with E-state index in [1.54, 1.807) is 13.0 Å². The van der Waals surface area contributed by atoms with Gasteiger partial charge in [-0.15, -0.1) is 11.3 Å². The quantitative estimate of drug-likeness (QED) is 0.313. The molecule has 0 fully saturated rings. The number of nitrogens with zero attached hydrogens (tertiary/aromatic N) is 1. The molecule has 0 atom stereocenters. The molecule has 170 valence electrons. The first-order chi connectivity index (χ1) is 16.0. The Morgan fingerprint density at radius 1 is 1.03 bits per heavy atom. The van der Waals surface area contributed by atoms with E-state index >= 15 is 0 Å². The molecule has 0 saturated heterocycles. The number of benzene rings is 2. The Balaban J connectivity index is 1.77. The predicted octanol–water partition coefficient (Wildman–Crippen LogP) is 6.69. The van der Waals surface area contributed by atoms with Crippen LogP contribution in [-0.4, -0.2) is 23.1 Å². The Bertz CT molecular complexity index is 1320. The van der Waals surface area contributed by atoms with Gasteiger partial charge in [-0.05, 0) is 62.1 Å². The van der Waals surface area contributed by atoms with Gasteiger partial charge in [0, 0.05) is 22.3 Å². The maximum absolute atomic E-state index is 13.5. The number of nitrogens with one attached hydrogen (secondary N) is 1. The summed E-state index contributed by atoms with van der Waals surface area (Å²) in [6.07, 6.45) is 0.939. The van der Waals surface area contributed by atoms with Gasteiger partial charge in [0.05, 0.1) is 12.2 Å². The van der Waals surface area contributed by atoms with Crippen molar-refractivity contribution in [3.8, 4) is 10.4 Å². The lowest BCUT2D eigenvalue weighted by Crippen LogP contribution is -2.19. The lowest BCUT2D eigenvalue weighted by molar-refractivity contribution is 0.0528. The number of thiophene rings is 1. The maximum Gasteiger partial charge on any atom is 0.341 e. The first-order valence-electron chi connectivity index (χ1n) is 11.3. The minimum atomic E-state index is -0.438. The molecule has 0 spiro atoms. The number of anilines is 1. The van der Waals surface area contributed by atoms with Gasteiger partial charge in [0.15, 0.2) is 0 Å². The van der Waals surface area contributed by atoms with Crippen molar-refractivity contribution in [3.05, 3.63) is 77.0 Å². The van der Waals surface area contributed by atoms with Crippen molar-refractivity contribution in [1.82, 2.24) is 4.57 Å². The molecule has 0 bridgehead atoms. The minimum Gasteiger partial charge on any atom is -0.462 e. The number of amides is 1. The number of aryl methyl sites for hydroxylation is 3. The van der Waals surface area contributed by atoms with Gasteiger partial charge in [0.1, 0.15) is 10.7 Å². The Morgan fingerprint density at radius 2 is 1.79 bits per heavy atom. The smallest absolute Gasteiger partial charge is 0.341 e. The molecule has 0 unspecified atom stereocenters. The monoisotopic (exact) mass is 460 g/mol. The van der Waals surface area contributed by atoms with Gasteiger partial charge in [-0.25, -0.2) is 4.79 Å². The fraction of sp³-hybridized carbons (Fsp3) is 0.259. The molecule has 2 aromatic heterocycles. The van der Waals surface area contributed by atoms with Crippen LogP contribution in [-0.2, 0) is 17.7 Å². The highest BCUT2D eigenvalue weighted by Crippen LogP contribution is 2.37. The molecule has 0 aliphatic heterocycles. The second-order valence-corrected chi connectivity index (χ2v) is 8.87. The number of hydrogen-bond acceptors (Lipinski definition) is 4. The number of rotatable bonds is 7.